The van der Waals surface area contributed by atoms with Crippen molar-refractivity contribution in [3.05, 3.63) is 34.2 Å². The minimum absolute atomic E-state index is 0.0330. The van der Waals surface area contributed by atoms with E-state index in [2.05, 4.69) is 10.3 Å². The molecule has 0 saturated carbocycles. The molecule has 98 valence electrons. The van der Waals surface area contributed by atoms with E-state index in [-0.39, 0.29) is 28.7 Å². The average molecular weight is 270 g/mol. The van der Waals surface area contributed by atoms with Crippen LogP contribution in [-0.2, 0) is 9.84 Å². The number of aromatic amines is 1. The maximum absolute atomic E-state index is 11.7. The Morgan fingerprint density at radius 1 is 1.44 bits per heavy atom. The Kier molecular flexibility index (Phi) is 3.51. The largest absolute Gasteiger partial charge is 0.350 e. The van der Waals surface area contributed by atoms with Gasteiger partial charge in [0.2, 0.25) is 5.56 Å². The third-order valence-electron chi connectivity index (χ3n) is 2.89. The second kappa shape index (κ2) is 4.93. The van der Waals surface area contributed by atoms with Gasteiger partial charge >= 0.3 is 0 Å². The van der Waals surface area contributed by atoms with Gasteiger partial charge in [-0.05, 0) is 18.4 Å². The van der Waals surface area contributed by atoms with E-state index in [1.54, 1.807) is 0 Å². The van der Waals surface area contributed by atoms with Gasteiger partial charge in [-0.1, -0.05) is 6.07 Å². The van der Waals surface area contributed by atoms with Crippen molar-refractivity contribution in [3.63, 3.8) is 0 Å². The van der Waals surface area contributed by atoms with Crippen molar-refractivity contribution in [1.29, 1.82) is 0 Å². The summed E-state index contributed by atoms with van der Waals surface area (Å²) in [5.74, 6) is -0.111. The van der Waals surface area contributed by atoms with E-state index in [0.29, 0.717) is 13.0 Å². The van der Waals surface area contributed by atoms with Crippen molar-refractivity contribution in [2.45, 2.75) is 6.42 Å². The van der Waals surface area contributed by atoms with Gasteiger partial charge in [0.1, 0.15) is 5.69 Å². The van der Waals surface area contributed by atoms with E-state index < -0.39 is 15.7 Å². The molecule has 1 aliphatic rings. The highest BCUT2D eigenvalue weighted by molar-refractivity contribution is 7.91. The van der Waals surface area contributed by atoms with E-state index in [9.17, 15) is 18.0 Å². The molecule has 0 bridgehead atoms. The molecule has 1 fully saturated rings. The smallest absolute Gasteiger partial charge is 0.267 e. The lowest BCUT2D eigenvalue weighted by atomic mass is 10.1. The van der Waals surface area contributed by atoms with Crippen LogP contribution >= 0.6 is 0 Å². The topological polar surface area (TPSA) is 96.1 Å². The minimum atomic E-state index is -2.92. The number of amides is 1. The van der Waals surface area contributed by atoms with E-state index >= 15 is 0 Å². The zero-order valence-electron chi connectivity index (χ0n) is 9.68. The van der Waals surface area contributed by atoms with Gasteiger partial charge in [-0.3, -0.25) is 9.59 Å². The van der Waals surface area contributed by atoms with Crippen LogP contribution in [0.1, 0.15) is 16.9 Å². The molecule has 7 heteroatoms. The molecule has 18 heavy (non-hydrogen) atoms. The van der Waals surface area contributed by atoms with Crippen molar-refractivity contribution < 1.29 is 13.2 Å². The standard InChI is InChI=1S/C11H14N2O4S/c14-10-3-1-2-9(13-10)11(15)12-6-8-4-5-18(16,17)7-8/h1-3,8H,4-7H2,(H,12,15)(H,13,14). The second-order valence-corrected chi connectivity index (χ2v) is 6.64. The first-order chi connectivity index (χ1) is 8.46. The fraction of sp³-hybridized carbons (Fsp3) is 0.455. The van der Waals surface area contributed by atoms with Gasteiger partial charge in [-0.15, -0.1) is 0 Å². The van der Waals surface area contributed by atoms with Crippen LogP contribution in [0.25, 0.3) is 0 Å². The Hall–Kier alpha value is -1.63. The highest BCUT2D eigenvalue weighted by Gasteiger charge is 2.27. The summed E-state index contributed by atoms with van der Waals surface area (Å²) in [7, 11) is -2.92. The summed E-state index contributed by atoms with van der Waals surface area (Å²) in [6.07, 6.45) is 0.577. The number of sulfone groups is 1. The first-order valence-corrected chi connectivity index (χ1v) is 7.46. The number of aromatic nitrogens is 1. The van der Waals surface area contributed by atoms with Crippen LogP contribution in [-0.4, -0.2) is 37.4 Å². The van der Waals surface area contributed by atoms with Crippen LogP contribution in [0.2, 0.25) is 0 Å². The van der Waals surface area contributed by atoms with Gasteiger partial charge in [-0.25, -0.2) is 8.42 Å². The molecular weight excluding hydrogens is 256 g/mol. The molecule has 6 nitrogen and oxygen atoms in total. The lowest BCUT2D eigenvalue weighted by Crippen LogP contribution is -2.31. The Balaban J connectivity index is 1.91. The van der Waals surface area contributed by atoms with Crippen LogP contribution in [0.3, 0.4) is 0 Å². The molecule has 1 aromatic rings. The SMILES string of the molecule is O=C(NCC1CCS(=O)(=O)C1)c1cccc(=O)[nH]1. The fourth-order valence-electron chi connectivity index (χ4n) is 1.95. The molecule has 0 spiro atoms. The fourth-order valence-corrected chi connectivity index (χ4v) is 3.81. The van der Waals surface area contributed by atoms with Crippen molar-refractivity contribution >= 4 is 15.7 Å². The van der Waals surface area contributed by atoms with Crippen molar-refractivity contribution in [2.24, 2.45) is 5.92 Å². The molecule has 0 radical (unpaired) electrons. The Labute approximate surface area is 104 Å². The number of carbonyl (C=O) groups is 1. The molecule has 2 rings (SSSR count). The molecule has 1 unspecified atom stereocenters. The van der Waals surface area contributed by atoms with Crippen LogP contribution < -0.4 is 10.9 Å². The first-order valence-electron chi connectivity index (χ1n) is 5.64. The molecule has 1 amide bonds. The molecule has 0 aliphatic carbocycles. The molecule has 2 heterocycles. The summed E-state index contributed by atoms with van der Waals surface area (Å²) in [5.41, 5.74) is -0.158. The number of hydrogen-bond acceptors (Lipinski definition) is 4. The minimum Gasteiger partial charge on any atom is -0.350 e. The van der Waals surface area contributed by atoms with Crippen molar-refractivity contribution in [2.75, 3.05) is 18.1 Å². The maximum atomic E-state index is 11.7. The Bertz CT molecular complexity index is 605. The monoisotopic (exact) mass is 270 g/mol. The highest BCUT2D eigenvalue weighted by Crippen LogP contribution is 2.17. The summed E-state index contributed by atoms with van der Waals surface area (Å²) in [4.78, 5) is 25.1. The number of rotatable bonds is 3. The van der Waals surface area contributed by atoms with Crippen molar-refractivity contribution in [1.82, 2.24) is 10.3 Å². The van der Waals surface area contributed by atoms with Gasteiger partial charge < -0.3 is 10.3 Å². The van der Waals surface area contributed by atoms with Gasteiger partial charge in [0, 0.05) is 12.6 Å². The molecule has 1 aliphatic heterocycles. The van der Waals surface area contributed by atoms with E-state index in [0.717, 1.165) is 0 Å². The average Bonchev–Trinajstić information content (AvgIpc) is 2.66. The molecular formula is C11H14N2O4S. The van der Waals surface area contributed by atoms with E-state index in [4.69, 9.17) is 0 Å². The molecule has 1 saturated heterocycles. The number of nitrogens with one attached hydrogen (secondary N) is 2. The lowest BCUT2D eigenvalue weighted by molar-refractivity contribution is 0.0943. The highest BCUT2D eigenvalue weighted by atomic mass is 32.2. The zero-order chi connectivity index (χ0) is 13.2. The lowest BCUT2D eigenvalue weighted by Gasteiger charge is -2.09. The second-order valence-electron chi connectivity index (χ2n) is 4.41. The van der Waals surface area contributed by atoms with Crippen molar-refractivity contribution in [3.8, 4) is 0 Å². The third-order valence-corrected chi connectivity index (χ3v) is 4.73. The molecule has 1 atom stereocenters. The number of H-pyrrole nitrogens is 1. The maximum Gasteiger partial charge on any atom is 0.267 e. The quantitative estimate of drug-likeness (QED) is 0.776. The van der Waals surface area contributed by atoms with E-state index in [1.807, 2.05) is 0 Å². The summed E-state index contributed by atoms with van der Waals surface area (Å²) < 4.78 is 22.5. The Morgan fingerprint density at radius 3 is 2.83 bits per heavy atom. The van der Waals surface area contributed by atoms with Gasteiger partial charge in [-0.2, -0.15) is 0 Å². The predicted molar refractivity (Wildman–Crippen MR) is 66.2 cm³/mol. The van der Waals surface area contributed by atoms with Crippen LogP contribution in [0.5, 0.6) is 0 Å². The number of pyridine rings is 1. The van der Waals surface area contributed by atoms with Crippen LogP contribution in [0.15, 0.2) is 23.0 Å². The summed E-state index contributed by atoms with van der Waals surface area (Å²) >= 11 is 0. The molecule has 2 N–H and O–H groups in total. The predicted octanol–water partition coefficient (Wildman–Crippen LogP) is -0.461. The number of carbonyl (C=O) groups excluding carboxylic acids is 1. The Morgan fingerprint density at radius 2 is 2.22 bits per heavy atom. The van der Waals surface area contributed by atoms with Gasteiger partial charge in [0.15, 0.2) is 9.84 Å². The normalized spacial score (nSPS) is 21.7. The third kappa shape index (κ3) is 3.19. The summed E-state index contributed by atoms with van der Waals surface area (Å²) in [6.45, 7) is 0.314. The molecule has 0 aromatic carbocycles. The zero-order valence-corrected chi connectivity index (χ0v) is 10.5. The first kappa shape index (κ1) is 12.8. The number of hydrogen-bond donors (Lipinski definition) is 2. The van der Waals surface area contributed by atoms with Gasteiger partial charge in [0.25, 0.3) is 5.91 Å². The van der Waals surface area contributed by atoms with E-state index in [1.165, 1.54) is 18.2 Å². The summed E-state index contributed by atoms with van der Waals surface area (Å²) in [6, 6.07) is 4.32. The van der Waals surface area contributed by atoms with Crippen LogP contribution in [0, 0.1) is 5.92 Å². The van der Waals surface area contributed by atoms with Gasteiger partial charge in [0.05, 0.1) is 11.5 Å². The molecule has 1 aromatic heterocycles. The van der Waals surface area contributed by atoms with Crippen LogP contribution in [0.4, 0.5) is 0 Å². The summed E-state index contributed by atoms with van der Waals surface area (Å²) in [5, 5.41) is 2.63.